The van der Waals surface area contributed by atoms with Crippen molar-refractivity contribution in [2.24, 2.45) is 0 Å². The normalized spacial score (nSPS) is 29.6. The van der Waals surface area contributed by atoms with Crippen molar-refractivity contribution in [2.75, 3.05) is 25.1 Å². The molecule has 1 fully saturated rings. The minimum absolute atomic E-state index is 0.0820. The summed E-state index contributed by atoms with van der Waals surface area (Å²) in [7, 11) is 1.85. The van der Waals surface area contributed by atoms with Gasteiger partial charge in [0.25, 0.3) is 0 Å². The molecule has 0 radical (unpaired) electrons. The van der Waals surface area contributed by atoms with E-state index in [1.165, 1.54) is 5.56 Å². The zero-order valence-corrected chi connectivity index (χ0v) is 12.2. The van der Waals surface area contributed by atoms with Crippen molar-refractivity contribution in [2.45, 2.75) is 37.8 Å². The molecule has 1 aromatic rings. The maximum atomic E-state index is 12.1. The molecule has 20 heavy (non-hydrogen) atoms. The average Bonchev–Trinajstić information content (AvgIpc) is 2.89. The number of nitrogens with one attached hydrogen (secondary N) is 1. The second kappa shape index (κ2) is 5.19. The van der Waals surface area contributed by atoms with Crippen molar-refractivity contribution < 1.29 is 9.53 Å². The SMILES string of the molecule is CN1C(=O)CC(NCC2(C)CCCO2)c2ccccc21. The van der Waals surface area contributed by atoms with E-state index in [4.69, 9.17) is 4.74 Å². The summed E-state index contributed by atoms with van der Waals surface area (Å²) in [5, 5.41) is 3.54. The third-order valence-corrected chi connectivity index (χ3v) is 4.45. The highest BCUT2D eigenvalue weighted by molar-refractivity contribution is 5.96. The van der Waals surface area contributed by atoms with Crippen LogP contribution in [0.3, 0.4) is 0 Å². The summed E-state index contributed by atoms with van der Waals surface area (Å²) in [6.07, 6.45) is 2.73. The van der Waals surface area contributed by atoms with Crippen LogP contribution in [0.25, 0.3) is 0 Å². The number of benzene rings is 1. The van der Waals surface area contributed by atoms with Gasteiger partial charge in [-0.3, -0.25) is 4.79 Å². The first-order valence-corrected chi connectivity index (χ1v) is 7.32. The highest BCUT2D eigenvalue weighted by atomic mass is 16.5. The number of hydrogen-bond acceptors (Lipinski definition) is 3. The largest absolute Gasteiger partial charge is 0.374 e. The first-order valence-electron chi connectivity index (χ1n) is 7.32. The van der Waals surface area contributed by atoms with Gasteiger partial charge in [0.15, 0.2) is 0 Å². The van der Waals surface area contributed by atoms with Gasteiger partial charge in [-0.2, -0.15) is 0 Å². The molecule has 108 valence electrons. The van der Waals surface area contributed by atoms with E-state index in [1.807, 2.05) is 25.2 Å². The maximum absolute atomic E-state index is 12.1. The van der Waals surface area contributed by atoms with Gasteiger partial charge in [0.1, 0.15) is 0 Å². The molecule has 0 saturated carbocycles. The van der Waals surface area contributed by atoms with Crippen LogP contribution in [0.5, 0.6) is 0 Å². The van der Waals surface area contributed by atoms with Crippen LogP contribution in [0, 0.1) is 0 Å². The third kappa shape index (κ3) is 2.45. The molecule has 2 unspecified atom stereocenters. The fourth-order valence-corrected chi connectivity index (χ4v) is 3.14. The number of para-hydroxylation sites is 1. The zero-order chi connectivity index (χ0) is 14.2. The Morgan fingerprint density at radius 3 is 3.00 bits per heavy atom. The monoisotopic (exact) mass is 274 g/mol. The van der Waals surface area contributed by atoms with E-state index in [0.29, 0.717) is 6.42 Å². The number of fused-ring (bicyclic) bond motifs is 1. The van der Waals surface area contributed by atoms with Crippen molar-refractivity contribution in [3.63, 3.8) is 0 Å². The molecule has 2 atom stereocenters. The Hall–Kier alpha value is -1.39. The third-order valence-electron chi connectivity index (χ3n) is 4.45. The zero-order valence-electron chi connectivity index (χ0n) is 12.2. The lowest BCUT2D eigenvalue weighted by atomic mass is 9.94. The molecule has 0 aromatic heterocycles. The van der Waals surface area contributed by atoms with Gasteiger partial charge in [0, 0.05) is 38.3 Å². The average molecular weight is 274 g/mol. The highest BCUT2D eigenvalue weighted by Gasteiger charge is 2.33. The fraction of sp³-hybridized carbons (Fsp3) is 0.562. The van der Waals surface area contributed by atoms with Crippen molar-refractivity contribution in [1.82, 2.24) is 5.32 Å². The second-order valence-corrected chi connectivity index (χ2v) is 6.05. The van der Waals surface area contributed by atoms with Gasteiger partial charge in [-0.05, 0) is 31.4 Å². The lowest BCUT2D eigenvalue weighted by Gasteiger charge is -2.34. The molecule has 4 heteroatoms. The van der Waals surface area contributed by atoms with Crippen molar-refractivity contribution in [1.29, 1.82) is 0 Å². The van der Waals surface area contributed by atoms with E-state index < -0.39 is 0 Å². The minimum atomic E-state index is -0.0820. The number of amides is 1. The molecule has 1 saturated heterocycles. The topological polar surface area (TPSA) is 41.6 Å². The van der Waals surface area contributed by atoms with Crippen LogP contribution in [0.15, 0.2) is 24.3 Å². The Morgan fingerprint density at radius 1 is 1.45 bits per heavy atom. The molecular formula is C16H22N2O2. The van der Waals surface area contributed by atoms with Crippen LogP contribution < -0.4 is 10.2 Å². The van der Waals surface area contributed by atoms with Crippen LogP contribution in [-0.4, -0.2) is 31.7 Å². The number of carbonyl (C=O) groups is 1. The molecule has 1 aromatic carbocycles. The van der Waals surface area contributed by atoms with Gasteiger partial charge in [0.05, 0.1) is 5.60 Å². The van der Waals surface area contributed by atoms with Gasteiger partial charge in [-0.1, -0.05) is 18.2 Å². The van der Waals surface area contributed by atoms with Gasteiger partial charge >= 0.3 is 0 Å². The van der Waals surface area contributed by atoms with Crippen LogP contribution >= 0.6 is 0 Å². The number of ether oxygens (including phenoxy) is 1. The summed E-state index contributed by atoms with van der Waals surface area (Å²) in [6, 6.07) is 8.22. The van der Waals surface area contributed by atoms with Gasteiger partial charge in [0.2, 0.25) is 5.91 Å². The van der Waals surface area contributed by atoms with Gasteiger partial charge < -0.3 is 15.0 Å². The van der Waals surface area contributed by atoms with Crippen LogP contribution in [0.2, 0.25) is 0 Å². The summed E-state index contributed by atoms with van der Waals surface area (Å²) < 4.78 is 5.81. The minimum Gasteiger partial charge on any atom is -0.374 e. The lowest BCUT2D eigenvalue weighted by Crippen LogP contribution is -2.43. The first-order chi connectivity index (χ1) is 9.59. The Labute approximate surface area is 120 Å². The quantitative estimate of drug-likeness (QED) is 0.919. The smallest absolute Gasteiger partial charge is 0.228 e. The molecule has 2 aliphatic heterocycles. The van der Waals surface area contributed by atoms with E-state index in [-0.39, 0.29) is 17.6 Å². The lowest BCUT2D eigenvalue weighted by molar-refractivity contribution is -0.119. The molecule has 0 spiro atoms. The summed E-state index contributed by atoms with van der Waals surface area (Å²) in [4.78, 5) is 13.8. The maximum Gasteiger partial charge on any atom is 0.228 e. The summed E-state index contributed by atoms with van der Waals surface area (Å²) >= 11 is 0. The van der Waals surface area contributed by atoms with E-state index >= 15 is 0 Å². The van der Waals surface area contributed by atoms with Crippen LogP contribution in [-0.2, 0) is 9.53 Å². The number of hydrogen-bond donors (Lipinski definition) is 1. The molecule has 1 N–H and O–H groups in total. The van der Waals surface area contributed by atoms with Gasteiger partial charge in [-0.25, -0.2) is 0 Å². The Bertz CT molecular complexity index is 509. The first kappa shape index (κ1) is 13.6. The van der Waals surface area contributed by atoms with Crippen LogP contribution in [0.4, 0.5) is 5.69 Å². The summed E-state index contributed by atoms with van der Waals surface area (Å²) in [6.45, 7) is 3.79. The van der Waals surface area contributed by atoms with E-state index in [1.54, 1.807) is 4.90 Å². The van der Waals surface area contributed by atoms with Crippen molar-refractivity contribution in [3.8, 4) is 0 Å². The molecule has 1 amide bonds. The highest BCUT2D eigenvalue weighted by Crippen LogP contribution is 2.34. The molecule has 2 heterocycles. The van der Waals surface area contributed by atoms with Crippen molar-refractivity contribution >= 4 is 11.6 Å². The molecular weight excluding hydrogens is 252 g/mol. The number of rotatable bonds is 3. The number of carbonyl (C=O) groups excluding carboxylic acids is 1. The second-order valence-electron chi connectivity index (χ2n) is 6.05. The predicted molar refractivity (Wildman–Crippen MR) is 78.8 cm³/mol. The van der Waals surface area contributed by atoms with Crippen LogP contribution in [0.1, 0.15) is 37.8 Å². The summed E-state index contributed by atoms with van der Waals surface area (Å²) in [5.74, 6) is 0.165. The fourth-order valence-electron chi connectivity index (χ4n) is 3.14. The van der Waals surface area contributed by atoms with E-state index in [0.717, 1.165) is 31.7 Å². The number of anilines is 1. The molecule has 3 rings (SSSR count). The van der Waals surface area contributed by atoms with Crippen molar-refractivity contribution in [3.05, 3.63) is 29.8 Å². The van der Waals surface area contributed by atoms with Gasteiger partial charge in [-0.15, -0.1) is 0 Å². The molecule has 4 nitrogen and oxygen atoms in total. The predicted octanol–water partition coefficient (Wildman–Crippen LogP) is 2.25. The molecule has 0 aliphatic carbocycles. The molecule has 0 bridgehead atoms. The number of nitrogens with zero attached hydrogens (tertiary/aromatic N) is 1. The van der Waals surface area contributed by atoms with E-state index in [2.05, 4.69) is 18.3 Å². The Balaban J connectivity index is 1.76. The van der Waals surface area contributed by atoms with E-state index in [9.17, 15) is 4.79 Å². The Kier molecular flexibility index (Phi) is 3.52. The Morgan fingerprint density at radius 2 is 2.25 bits per heavy atom. The summed E-state index contributed by atoms with van der Waals surface area (Å²) in [5.41, 5.74) is 2.14. The molecule has 2 aliphatic rings. The standard InChI is InChI=1S/C16H22N2O2/c1-16(8-5-9-20-16)11-17-13-10-15(19)18(2)14-7-4-3-6-12(13)14/h3-4,6-7,13,17H,5,8-11H2,1-2H3.